The average molecular weight is 1430 g/mol. The molecule has 0 aliphatic carbocycles. The number of methoxy groups -OCH3 is 2. The molecular formula is C64H112N12O24. The van der Waals surface area contributed by atoms with Crippen LogP contribution in [0.4, 0.5) is 0 Å². The van der Waals surface area contributed by atoms with Gasteiger partial charge in [0.1, 0.15) is 60.1 Å². The topological polar surface area (TPSA) is 465 Å². The number of hydrogen-bond donors (Lipinski definition) is 11. The first-order valence-electron chi connectivity index (χ1n) is 34.6. The monoisotopic (exact) mass is 1430 g/mol. The molecule has 0 bridgehead atoms. The predicted molar refractivity (Wildman–Crippen MR) is 352 cm³/mol. The van der Waals surface area contributed by atoms with E-state index in [1.165, 1.54) is 28.1 Å². The van der Waals surface area contributed by atoms with Gasteiger partial charge in [0.25, 0.3) is 0 Å². The second-order valence-electron chi connectivity index (χ2n) is 24.3. The van der Waals surface area contributed by atoms with E-state index in [4.69, 9.17) is 61.9 Å². The molecule has 2 fully saturated rings. The van der Waals surface area contributed by atoms with Crippen molar-refractivity contribution in [1.82, 2.24) is 61.9 Å². The van der Waals surface area contributed by atoms with E-state index >= 15 is 0 Å². The van der Waals surface area contributed by atoms with E-state index in [9.17, 15) is 54.0 Å². The van der Waals surface area contributed by atoms with Crippen molar-refractivity contribution in [3.8, 4) is 0 Å². The fraction of sp³-hybridized carbons (Fsp3) is 0.828. The van der Waals surface area contributed by atoms with Crippen LogP contribution in [0.3, 0.4) is 0 Å². The Hall–Kier alpha value is -6.07. The number of unbranched alkanes of at least 4 members (excludes halogenated alkanes) is 7. The fourth-order valence-electron chi connectivity index (χ4n) is 10.9. The Morgan fingerprint density at radius 3 is 1.22 bits per heavy atom. The number of ether oxygens (including phenoxy) is 12. The summed E-state index contributed by atoms with van der Waals surface area (Å²) >= 11 is 0. The van der Waals surface area contributed by atoms with Gasteiger partial charge in [-0.1, -0.05) is 49.0 Å². The minimum Gasteiger partial charge on any atom is -0.481 e. The highest BCUT2D eigenvalue weighted by Crippen LogP contribution is 2.28. The maximum Gasteiger partial charge on any atom is 0.303 e. The van der Waals surface area contributed by atoms with Gasteiger partial charge in [0.2, 0.25) is 35.4 Å². The van der Waals surface area contributed by atoms with Crippen molar-refractivity contribution < 1.29 is 116 Å². The first-order valence-corrected chi connectivity index (χ1v) is 34.6. The average Bonchev–Trinajstić information content (AvgIpc) is 0.889. The van der Waals surface area contributed by atoms with E-state index in [-0.39, 0.29) is 181 Å². The number of rotatable bonds is 58. The zero-order valence-corrected chi connectivity index (χ0v) is 58.8. The van der Waals surface area contributed by atoms with Gasteiger partial charge in [-0.25, -0.2) is 9.36 Å². The molecular weight excluding hydrogens is 1320 g/mol. The van der Waals surface area contributed by atoms with Crippen LogP contribution in [0.5, 0.6) is 0 Å². The summed E-state index contributed by atoms with van der Waals surface area (Å²) in [5, 5.41) is 84.4. The molecule has 0 aromatic carbocycles. The van der Waals surface area contributed by atoms with E-state index in [2.05, 4.69) is 52.5 Å². The van der Waals surface area contributed by atoms with Crippen molar-refractivity contribution in [1.29, 1.82) is 0 Å². The smallest absolute Gasteiger partial charge is 0.303 e. The van der Waals surface area contributed by atoms with Gasteiger partial charge in [0.05, 0.1) is 125 Å². The molecule has 0 unspecified atom stereocenters. The summed E-state index contributed by atoms with van der Waals surface area (Å²) in [6, 6.07) is -1.93. The highest BCUT2D eigenvalue weighted by Gasteiger charge is 2.47. The van der Waals surface area contributed by atoms with Crippen molar-refractivity contribution in [3.05, 3.63) is 23.8 Å². The third-order valence-corrected chi connectivity index (χ3v) is 16.2. The Kier molecular flexibility index (Phi) is 44.1. The number of carboxylic acids is 1. The Morgan fingerprint density at radius 1 is 0.480 bits per heavy atom. The number of nitrogens with one attached hydrogen (secondary N) is 6. The molecule has 2 aliphatic rings. The Bertz CT molecular complexity index is 2480. The first kappa shape index (κ1) is 86.3. The normalized spacial score (nSPS) is 20.8. The van der Waals surface area contributed by atoms with E-state index in [1.807, 2.05) is 6.92 Å². The summed E-state index contributed by atoms with van der Waals surface area (Å²) in [6.07, 6.45) is 1.35. The molecule has 100 heavy (non-hydrogen) atoms. The Balaban J connectivity index is 1.21. The zero-order valence-electron chi connectivity index (χ0n) is 58.8. The van der Waals surface area contributed by atoms with Crippen LogP contribution in [0.25, 0.3) is 0 Å². The standard InChI is InChI=1S/C64H112N12O24/c1-6-91-33-34-92-28-23-65-51(79)17-20-64(70-54(82)15-13-11-9-7-8-10-12-14-16-55(83)84,21-18-52(80)66-24-29-93-35-37-95-31-26-75-39-47(71-73-75)41-97-43-49-58(85)60(87)56(68-45(2)77)62(89-4)99-49)22-19-53(81)67-25-30-94-36-38-96-32-27-76-40-48(72-74-76)42-98-44-50-59(86)61(88)57(69-46(3)78)63(90-5)100-50/h39-40,49-50,56-63,85-88H,6-38,41-44H2,1-5H3,(H,65,79)(H,66,80)(H,67,81)(H,68,77)(H,69,78)(H,70,82)(H,83,84)/t49-,50-,56-,57-,58+,59+,60-,61-,62-,63-/m1/s1. The molecule has 10 atom stereocenters. The number of hydrogen-bond acceptors (Lipinski definition) is 27. The van der Waals surface area contributed by atoms with Gasteiger partial charge in [0, 0.05) is 92.0 Å². The third-order valence-electron chi connectivity index (χ3n) is 16.2. The largest absolute Gasteiger partial charge is 0.481 e. The van der Waals surface area contributed by atoms with Crippen molar-refractivity contribution in [2.24, 2.45) is 0 Å². The Labute approximate surface area is 584 Å². The molecule has 4 heterocycles. The number of nitrogens with zero attached hydrogens (tertiary/aromatic N) is 6. The van der Waals surface area contributed by atoms with Gasteiger partial charge in [-0.05, 0) is 39.0 Å². The van der Waals surface area contributed by atoms with E-state index < -0.39 is 84.6 Å². The molecule has 6 amide bonds. The van der Waals surface area contributed by atoms with E-state index in [0.717, 1.165) is 38.5 Å². The molecule has 2 aliphatic heterocycles. The van der Waals surface area contributed by atoms with Gasteiger partial charge in [0.15, 0.2) is 12.6 Å². The van der Waals surface area contributed by atoms with Crippen LogP contribution in [0.15, 0.2) is 12.4 Å². The lowest BCUT2D eigenvalue weighted by Crippen LogP contribution is -2.64. The van der Waals surface area contributed by atoms with Gasteiger partial charge in [-0.2, -0.15) is 0 Å². The van der Waals surface area contributed by atoms with E-state index in [1.54, 1.807) is 21.8 Å². The van der Waals surface area contributed by atoms with Crippen LogP contribution >= 0.6 is 0 Å². The number of amides is 6. The fourth-order valence-corrected chi connectivity index (χ4v) is 10.9. The lowest BCUT2D eigenvalue weighted by atomic mass is 9.82. The second-order valence-corrected chi connectivity index (χ2v) is 24.3. The minimum absolute atomic E-state index is 0.0151. The molecule has 572 valence electrons. The lowest BCUT2D eigenvalue weighted by Gasteiger charge is -2.42. The van der Waals surface area contributed by atoms with Crippen LogP contribution in [0.2, 0.25) is 0 Å². The van der Waals surface area contributed by atoms with Crippen LogP contribution in [-0.2, 0) is 117 Å². The molecule has 2 aromatic heterocycles. The molecule has 36 heteroatoms. The van der Waals surface area contributed by atoms with Crippen molar-refractivity contribution in [3.63, 3.8) is 0 Å². The number of carbonyl (C=O) groups excluding carboxylic acids is 6. The lowest BCUT2D eigenvalue weighted by molar-refractivity contribution is -0.265. The van der Waals surface area contributed by atoms with Gasteiger partial charge in [-0.15, -0.1) is 10.2 Å². The van der Waals surface area contributed by atoms with Crippen LogP contribution < -0.4 is 31.9 Å². The number of carbonyl (C=O) groups is 7. The quantitative estimate of drug-likeness (QED) is 0.0334. The van der Waals surface area contributed by atoms with Crippen molar-refractivity contribution in [2.45, 2.75) is 217 Å². The van der Waals surface area contributed by atoms with Crippen molar-refractivity contribution >= 4 is 41.4 Å². The molecule has 4 rings (SSSR count). The van der Waals surface area contributed by atoms with Crippen molar-refractivity contribution in [2.75, 3.05) is 126 Å². The minimum atomic E-state index is -1.35. The molecule has 0 spiro atoms. The molecule has 0 saturated carbocycles. The predicted octanol–water partition coefficient (Wildman–Crippen LogP) is -1.55. The summed E-state index contributed by atoms with van der Waals surface area (Å²) in [4.78, 5) is 88.2. The summed E-state index contributed by atoms with van der Waals surface area (Å²) in [5.74, 6) is -2.84. The third kappa shape index (κ3) is 36.2. The molecule has 0 radical (unpaired) electrons. The highest BCUT2D eigenvalue weighted by atomic mass is 16.7. The molecule has 36 nitrogen and oxygen atoms in total. The summed E-state index contributed by atoms with van der Waals surface area (Å²) in [7, 11) is 2.72. The first-order chi connectivity index (χ1) is 48.3. The van der Waals surface area contributed by atoms with E-state index in [0.29, 0.717) is 57.1 Å². The summed E-state index contributed by atoms with van der Waals surface area (Å²) in [6.45, 7) is 9.16. The summed E-state index contributed by atoms with van der Waals surface area (Å²) in [5.41, 5.74) is -0.134. The van der Waals surface area contributed by atoms with Crippen LogP contribution in [-0.4, -0.2) is 290 Å². The van der Waals surface area contributed by atoms with Crippen LogP contribution in [0.1, 0.15) is 135 Å². The van der Waals surface area contributed by atoms with Gasteiger partial charge in [-0.3, -0.25) is 33.6 Å². The van der Waals surface area contributed by atoms with Gasteiger partial charge < -0.3 is 114 Å². The maximum atomic E-state index is 13.9. The summed E-state index contributed by atoms with van der Waals surface area (Å²) < 4.78 is 70.2. The maximum absolute atomic E-state index is 13.9. The SMILES string of the molecule is CCOCCOCCNC(=O)CCC(CCC(=O)NCCOCCOCCn1cc(COC[C@H]2O[C@@H](OC)[C@H](NC(C)=O)[C@@H](O)[C@H]2O)nn1)(CCC(=O)NCCOCCOCCn1cc(COC[C@H]2O[C@@H](OC)[C@H](NC(C)=O)[C@@H](O)[C@H]2O)nn1)NC(=O)CCCCCCCCCCC(=O)O. The zero-order chi connectivity index (χ0) is 72.8. The molecule has 2 saturated heterocycles. The molecule has 11 N–H and O–H groups in total. The molecule has 2 aromatic rings. The van der Waals surface area contributed by atoms with Gasteiger partial charge >= 0.3 is 5.97 Å². The number of aliphatic carboxylic acids is 1. The number of aliphatic hydroxyl groups excluding tert-OH is 4. The van der Waals surface area contributed by atoms with Crippen LogP contribution in [0, 0.1) is 0 Å². The number of carboxylic acid groups (broad SMARTS) is 1. The number of aliphatic hydroxyl groups is 4. The second kappa shape index (κ2) is 51.1. The number of aromatic nitrogens is 6. The Morgan fingerprint density at radius 2 is 0.850 bits per heavy atom. The highest BCUT2D eigenvalue weighted by molar-refractivity contribution is 5.80.